The number of alkyl carbamates (subject to hydrolysis) is 1. The molecule has 0 aliphatic carbocycles. The number of carbonyl (C=O) groups excluding carboxylic acids is 3. The van der Waals surface area contributed by atoms with E-state index in [-0.39, 0.29) is 13.2 Å². The largest absolute Gasteiger partial charge is 0.444 e. The molecule has 27 heavy (non-hydrogen) atoms. The Kier molecular flexibility index (Phi) is 7.90. The second-order valence-electron chi connectivity index (χ2n) is 5.21. The van der Waals surface area contributed by atoms with Crippen molar-refractivity contribution < 1.29 is 23.9 Å². The van der Waals surface area contributed by atoms with Crippen LogP contribution in [0.2, 0.25) is 0 Å². The van der Waals surface area contributed by atoms with E-state index in [0.717, 1.165) is 28.5 Å². The molecule has 0 aliphatic rings. The van der Waals surface area contributed by atoms with E-state index in [1.54, 1.807) is 12.1 Å². The van der Waals surface area contributed by atoms with Gasteiger partial charge in [0.05, 0.1) is 0 Å². The van der Waals surface area contributed by atoms with Gasteiger partial charge in [-0.25, -0.2) is 20.0 Å². The number of amides is 3. The van der Waals surface area contributed by atoms with Gasteiger partial charge in [0, 0.05) is 12.4 Å². The quantitative estimate of drug-likeness (QED) is 0.551. The van der Waals surface area contributed by atoms with Crippen molar-refractivity contribution in [2.45, 2.75) is 13.2 Å². The van der Waals surface area contributed by atoms with Crippen LogP contribution in [0.25, 0.3) is 0 Å². The van der Waals surface area contributed by atoms with E-state index in [1.165, 1.54) is 0 Å². The lowest BCUT2D eigenvalue weighted by Crippen LogP contribution is -2.38. The molecule has 140 valence electrons. The maximum atomic E-state index is 11.7. The van der Waals surface area contributed by atoms with Gasteiger partial charge in [0.2, 0.25) is 6.41 Å². The Bertz CT molecular complexity index is 765. The van der Waals surface area contributed by atoms with Crippen LogP contribution < -0.4 is 10.7 Å². The standard InChI is InChI=1S/C19H19N3O5/c23-15-22(21-19(25)27-14-17-9-5-2-6-10-17)12-11-20-18(24)26-13-16-7-3-1-4-8-16/h1-12,15H,13-14H2,(H,20,24)(H,21,25). The highest BCUT2D eigenvalue weighted by atomic mass is 16.6. The third-order valence-corrected chi connectivity index (χ3v) is 3.20. The first-order valence-electron chi connectivity index (χ1n) is 8.02. The van der Waals surface area contributed by atoms with E-state index in [0.29, 0.717) is 6.41 Å². The van der Waals surface area contributed by atoms with Crippen LogP contribution in [0.4, 0.5) is 9.59 Å². The van der Waals surface area contributed by atoms with Gasteiger partial charge in [0.1, 0.15) is 13.2 Å². The van der Waals surface area contributed by atoms with Crippen LogP contribution in [0.15, 0.2) is 73.1 Å². The summed E-state index contributed by atoms with van der Waals surface area (Å²) in [6, 6.07) is 18.3. The summed E-state index contributed by atoms with van der Waals surface area (Å²) >= 11 is 0. The Morgan fingerprint density at radius 3 is 1.89 bits per heavy atom. The molecule has 8 heteroatoms. The lowest BCUT2D eigenvalue weighted by Gasteiger charge is -2.13. The lowest BCUT2D eigenvalue weighted by molar-refractivity contribution is -0.117. The number of hydrogen-bond donors (Lipinski definition) is 2. The first kappa shape index (κ1) is 19.5. The van der Waals surface area contributed by atoms with Crippen LogP contribution in [0, 0.1) is 0 Å². The van der Waals surface area contributed by atoms with E-state index in [2.05, 4.69) is 10.7 Å². The second kappa shape index (κ2) is 10.9. The maximum Gasteiger partial charge on any atom is 0.426 e. The summed E-state index contributed by atoms with van der Waals surface area (Å²) in [6.07, 6.45) is 1.12. The maximum absolute atomic E-state index is 11.7. The van der Waals surface area contributed by atoms with Crippen molar-refractivity contribution in [1.29, 1.82) is 0 Å². The molecule has 0 unspecified atom stereocenters. The van der Waals surface area contributed by atoms with Crippen molar-refractivity contribution in [3.63, 3.8) is 0 Å². The monoisotopic (exact) mass is 369 g/mol. The fourth-order valence-electron chi connectivity index (χ4n) is 1.91. The SMILES string of the molecule is O=CN(C=CNC(=O)OCc1ccccc1)NC(=O)OCc1ccccc1. The number of nitrogens with zero attached hydrogens (tertiary/aromatic N) is 1. The average Bonchev–Trinajstić information content (AvgIpc) is 2.71. The summed E-state index contributed by atoms with van der Waals surface area (Å²) in [5.74, 6) is 0. The van der Waals surface area contributed by atoms with Gasteiger partial charge >= 0.3 is 12.2 Å². The molecule has 0 fully saturated rings. The first-order valence-corrected chi connectivity index (χ1v) is 8.02. The second-order valence-corrected chi connectivity index (χ2v) is 5.21. The zero-order valence-corrected chi connectivity index (χ0v) is 14.4. The molecule has 0 atom stereocenters. The zero-order chi connectivity index (χ0) is 19.3. The molecule has 0 bridgehead atoms. The van der Waals surface area contributed by atoms with Crippen molar-refractivity contribution in [3.05, 3.63) is 84.2 Å². The summed E-state index contributed by atoms with van der Waals surface area (Å²) in [4.78, 5) is 34.2. The molecule has 0 saturated heterocycles. The number of hydrogen-bond acceptors (Lipinski definition) is 5. The van der Waals surface area contributed by atoms with Crippen LogP contribution in [-0.4, -0.2) is 23.6 Å². The summed E-state index contributed by atoms with van der Waals surface area (Å²) in [5.41, 5.74) is 3.84. The van der Waals surface area contributed by atoms with Gasteiger partial charge < -0.3 is 9.47 Å². The number of rotatable bonds is 8. The Morgan fingerprint density at radius 1 is 0.852 bits per heavy atom. The molecule has 3 amide bonds. The Balaban J connectivity index is 1.69. The summed E-state index contributed by atoms with van der Waals surface area (Å²) in [5, 5.41) is 3.11. The highest BCUT2D eigenvalue weighted by molar-refractivity contribution is 5.70. The van der Waals surface area contributed by atoms with E-state index in [4.69, 9.17) is 9.47 Å². The van der Waals surface area contributed by atoms with Crippen LogP contribution in [0.3, 0.4) is 0 Å². The Labute approximate surface area is 156 Å². The van der Waals surface area contributed by atoms with Gasteiger partial charge in [-0.3, -0.25) is 10.1 Å². The van der Waals surface area contributed by atoms with Gasteiger partial charge in [-0.05, 0) is 11.1 Å². The van der Waals surface area contributed by atoms with Crippen molar-refractivity contribution in [3.8, 4) is 0 Å². The zero-order valence-electron chi connectivity index (χ0n) is 14.4. The third kappa shape index (κ3) is 7.74. The highest BCUT2D eigenvalue weighted by Crippen LogP contribution is 2.01. The van der Waals surface area contributed by atoms with Crippen LogP contribution in [0.5, 0.6) is 0 Å². The Morgan fingerprint density at radius 2 is 1.37 bits per heavy atom. The van der Waals surface area contributed by atoms with Crippen molar-refractivity contribution in [2.24, 2.45) is 0 Å². The van der Waals surface area contributed by atoms with Crippen LogP contribution in [-0.2, 0) is 27.5 Å². The molecule has 0 heterocycles. The van der Waals surface area contributed by atoms with Gasteiger partial charge in [-0.1, -0.05) is 60.7 Å². The summed E-state index contributed by atoms with van der Waals surface area (Å²) in [6.45, 7) is 0.176. The highest BCUT2D eigenvalue weighted by Gasteiger charge is 2.06. The fraction of sp³-hybridized carbons (Fsp3) is 0.105. The molecule has 0 aliphatic heterocycles. The molecule has 2 aromatic rings. The van der Waals surface area contributed by atoms with Crippen LogP contribution >= 0.6 is 0 Å². The fourth-order valence-corrected chi connectivity index (χ4v) is 1.91. The number of hydrazine groups is 1. The van der Waals surface area contributed by atoms with Crippen molar-refractivity contribution >= 4 is 18.6 Å². The topological polar surface area (TPSA) is 97.0 Å². The van der Waals surface area contributed by atoms with Gasteiger partial charge in [-0.15, -0.1) is 0 Å². The average molecular weight is 369 g/mol. The van der Waals surface area contributed by atoms with Gasteiger partial charge in [-0.2, -0.15) is 0 Å². The number of nitrogens with one attached hydrogen (secondary N) is 2. The molecule has 0 saturated carbocycles. The summed E-state index contributed by atoms with van der Waals surface area (Å²) < 4.78 is 9.97. The third-order valence-electron chi connectivity index (χ3n) is 3.20. The minimum absolute atomic E-state index is 0.0626. The predicted octanol–water partition coefficient (Wildman–Crippen LogP) is 2.68. The smallest absolute Gasteiger partial charge is 0.426 e. The first-order chi connectivity index (χ1) is 13.2. The molecular weight excluding hydrogens is 350 g/mol. The van der Waals surface area contributed by atoms with Crippen molar-refractivity contribution in [2.75, 3.05) is 0 Å². The Hall–Kier alpha value is -3.81. The number of carbonyl (C=O) groups is 3. The molecular formula is C19H19N3O5. The summed E-state index contributed by atoms with van der Waals surface area (Å²) in [7, 11) is 0. The normalized spacial score (nSPS) is 10.1. The van der Waals surface area contributed by atoms with E-state index in [9.17, 15) is 14.4 Å². The number of ether oxygens (including phenoxy) is 2. The van der Waals surface area contributed by atoms with E-state index < -0.39 is 12.2 Å². The van der Waals surface area contributed by atoms with Gasteiger partial charge in [0.25, 0.3) is 0 Å². The predicted molar refractivity (Wildman–Crippen MR) is 96.6 cm³/mol. The lowest BCUT2D eigenvalue weighted by atomic mass is 10.2. The van der Waals surface area contributed by atoms with Gasteiger partial charge in [0.15, 0.2) is 0 Å². The molecule has 2 N–H and O–H groups in total. The minimum atomic E-state index is -0.817. The minimum Gasteiger partial charge on any atom is -0.444 e. The number of benzene rings is 2. The van der Waals surface area contributed by atoms with Crippen LogP contribution in [0.1, 0.15) is 11.1 Å². The van der Waals surface area contributed by atoms with E-state index >= 15 is 0 Å². The molecule has 0 radical (unpaired) electrons. The molecule has 8 nitrogen and oxygen atoms in total. The van der Waals surface area contributed by atoms with E-state index in [1.807, 2.05) is 48.5 Å². The van der Waals surface area contributed by atoms with Crippen molar-refractivity contribution in [1.82, 2.24) is 15.8 Å². The molecule has 2 aromatic carbocycles. The molecule has 0 aromatic heterocycles. The molecule has 2 rings (SSSR count). The molecule has 0 spiro atoms.